The van der Waals surface area contributed by atoms with Gasteiger partial charge in [-0.05, 0) is 35.6 Å². The SMILES string of the molecule is CCC(CCCCOC1=CC(O)=N1)C(C)(C)c1nnn[nH]1. The minimum Gasteiger partial charge on any atom is -0.493 e. The normalized spacial score (nSPS) is 16.0. The van der Waals surface area contributed by atoms with Crippen molar-refractivity contribution >= 4 is 5.90 Å². The molecule has 0 saturated heterocycles. The number of hydrogen-bond donors (Lipinski definition) is 2. The van der Waals surface area contributed by atoms with E-state index in [-0.39, 0.29) is 11.3 Å². The molecule has 0 fully saturated rings. The fourth-order valence-electron chi connectivity index (χ4n) is 2.67. The third kappa shape index (κ3) is 3.80. The highest BCUT2D eigenvalue weighted by atomic mass is 16.5. The van der Waals surface area contributed by atoms with E-state index in [9.17, 15) is 0 Å². The van der Waals surface area contributed by atoms with Gasteiger partial charge in [-0.2, -0.15) is 4.99 Å². The van der Waals surface area contributed by atoms with Crippen molar-refractivity contribution < 1.29 is 9.84 Å². The van der Waals surface area contributed by atoms with Gasteiger partial charge in [0.25, 0.3) is 0 Å². The number of hydrogen-bond acceptors (Lipinski definition) is 5. The molecule has 0 aliphatic carbocycles. The van der Waals surface area contributed by atoms with E-state index >= 15 is 0 Å². The predicted octanol–water partition coefficient (Wildman–Crippen LogP) is 2.50. The Morgan fingerprint density at radius 2 is 2.14 bits per heavy atom. The number of nitrogens with one attached hydrogen (secondary N) is 1. The molecule has 1 aromatic rings. The molecule has 1 unspecified atom stereocenters. The summed E-state index contributed by atoms with van der Waals surface area (Å²) in [7, 11) is 0. The first-order chi connectivity index (χ1) is 10.0. The van der Waals surface area contributed by atoms with Crippen LogP contribution in [0.2, 0.25) is 0 Å². The quantitative estimate of drug-likeness (QED) is 0.682. The molecule has 1 aliphatic heterocycles. The van der Waals surface area contributed by atoms with E-state index in [0.717, 1.165) is 31.5 Å². The molecule has 116 valence electrons. The van der Waals surface area contributed by atoms with Crippen LogP contribution in [-0.4, -0.2) is 38.2 Å². The Balaban J connectivity index is 1.71. The highest BCUT2D eigenvalue weighted by Gasteiger charge is 2.32. The van der Waals surface area contributed by atoms with Crippen LogP contribution in [0.25, 0.3) is 0 Å². The zero-order chi connectivity index (χ0) is 15.3. The summed E-state index contributed by atoms with van der Waals surface area (Å²) in [4.78, 5) is 3.73. The van der Waals surface area contributed by atoms with Crippen LogP contribution in [0.15, 0.2) is 17.0 Å². The lowest BCUT2D eigenvalue weighted by Crippen LogP contribution is -2.30. The largest absolute Gasteiger partial charge is 0.493 e. The van der Waals surface area contributed by atoms with Crippen molar-refractivity contribution in [1.82, 2.24) is 20.6 Å². The fourth-order valence-corrected chi connectivity index (χ4v) is 2.67. The van der Waals surface area contributed by atoms with Gasteiger partial charge in [0.05, 0.1) is 12.7 Å². The molecule has 0 saturated carbocycles. The number of nitrogens with zero attached hydrogens (tertiary/aromatic N) is 4. The molecule has 7 heteroatoms. The summed E-state index contributed by atoms with van der Waals surface area (Å²) in [5.74, 6) is 1.92. The number of aliphatic hydroxyl groups excluding tert-OH is 1. The third-order valence-corrected chi connectivity index (χ3v) is 4.14. The maximum absolute atomic E-state index is 8.88. The molecule has 1 atom stereocenters. The Morgan fingerprint density at radius 1 is 1.38 bits per heavy atom. The Hall–Kier alpha value is -1.92. The van der Waals surface area contributed by atoms with Crippen LogP contribution in [0.1, 0.15) is 52.3 Å². The van der Waals surface area contributed by atoms with Crippen LogP contribution in [0.4, 0.5) is 0 Å². The Bertz CT molecular complexity index is 507. The number of aromatic amines is 1. The minimum atomic E-state index is -0.0638. The molecule has 1 aromatic heterocycles. The molecule has 2 N–H and O–H groups in total. The highest BCUT2D eigenvalue weighted by molar-refractivity contribution is 5.91. The maximum atomic E-state index is 8.88. The third-order valence-electron chi connectivity index (χ3n) is 4.14. The number of aliphatic hydroxyl groups is 1. The molecular weight excluding hydrogens is 270 g/mol. The van der Waals surface area contributed by atoms with Gasteiger partial charge >= 0.3 is 0 Å². The van der Waals surface area contributed by atoms with Crippen molar-refractivity contribution in [1.29, 1.82) is 0 Å². The van der Waals surface area contributed by atoms with E-state index in [1.807, 2.05) is 0 Å². The molecule has 1 aliphatic rings. The van der Waals surface area contributed by atoms with Crippen molar-refractivity contribution in [2.24, 2.45) is 10.9 Å². The first-order valence-corrected chi connectivity index (χ1v) is 7.40. The number of aliphatic imine (C=N–C) groups is 1. The van der Waals surface area contributed by atoms with Crippen molar-refractivity contribution in [3.05, 3.63) is 17.8 Å². The zero-order valence-electron chi connectivity index (χ0n) is 12.8. The van der Waals surface area contributed by atoms with Crippen molar-refractivity contribution in [2.75, 3.05) is 6.61 Å². The number of ether oxygens (including phenoxy) is 1. The van der Waals surface area contributed by atoms with Crippen LogP contribution in [0, 0.1) is 5.92 Å². The molecule has 21 heavy (non-hydrogen) atoms. The summed E-state index contributed by atoms with van der Waals surface area (Å²) < 4.78 is 5.40. The molecule has 2 heterocycles. The Labute approximate surface area is 124 Å². The van der Waals surface area contributed by atoms with Gasteiger partial charge in [-0.3, -0.25) is 0 Å². The van der Waals surface area contributed by atoms with Gasteiger partial charge in [-0.15, -0.1) is 5.10 Å². The fraction of sp³-hybridized carbons (Fsp3) is 0.714. The second-order valence-corrected chi connectivity index (χ2v) is 5.87. The lowest BCUT2D eigenvalue weighted by atomic mass is 9.74. The molecule has 0 amide bonds. The minimum absolute atomic E-state index is 0.0402. The van der Waals surface area contributed by atoms with Crippen LogP contribution in [-0.2, 0) is 10.2 Å². The van der Waals surface area contributed by atoms with E-state index in [1.54, 1.807) is 0 Å². The molecule has 0 bridgehead atoms. The van der Waals surface area contributed by atoms with Crippen LogP contribution < -0.4 is 0 Å². The number of H-pyrrole nitrogens is 1. The van der Waals surface area contributed by atoms with Gasteiger partial charge in [-0.25, -0.2) is 5.10 Å². The van der Waals surface area contributed by atoms with E-state index in [2.05, 4.69) is 46.4 Å². The van der Waals surface area contributed by atoms with Crippen molar-refractivity contribution in [3.63, 3.8) is 0 Å². The van der Waals surface area contributed by atoms with E-state index in [4.69, 9.17) is 9.84 Å². The summed E-state index contributed by atoms with van der Waals surface area (Å²) in [6, 6.07) is 0. The summed E-state index contributed by atoms with van der Waals surface area (Å²) in [5.41, 5.74) is -0.0638. The zero-order valence-corrected chi connectivity index (χ0v) is 12.8. The van der Waals surface area contributed by atoms with Crippen molar-refractivity contribution in [2.45, 2.75) is 51.9 Å². The van der Waals surface area contributed by atoms with Gasteiger partial charge in [-0.1, -0.05) is 27.2 Å². The Kier molecular flexibility index (Phi) is 4.93. The number of aromatic nitrogens is 4. The summed E-state index contributed by atoms with van der Waals surface area (Å²) in [6.07, 6.45) is 5.75. The molecule has 0 aromatic carbocycles. The molecular formula is C14H23N5O2. The summed E-state index contributed by atoms with van der Waals surface area (Å²) in [6.45, 7) is 7.18. The summed E-state index contributed by atoms with van der Waals surface area (Å²) >= 11 is 0. The molecule has 7 nitrogen and oxygen atoms in total. The van der Waals surface area contributed by atoms with Gasteiger partial charge in [0.2, 0.25) is 11.8 Å². The second-order valence-electron chi connectivity index (χ2n) is 5.87. The van der Waals surface area contributed by atoms with Gasteiger partial charge in [0.1, 0.15) is 0 Å². The first kappa shape index (κ1) is 15.5. The predicted molar refractivity (Wildman–Crippen MR) is 78.9 cm³/mol. The maximum Gasteiger partial charge on any atom is 0.222 e. The molecule has 0 spiro atoms. The highest BCUT2D eigenvalue weighted by Crippen LogP contribution is 2.34. The lowest BCUT2D eigenvalue weighted by Gasteiger charge is -2.31. The monoisotopic (exact) mass is 293 g/mol. The number of rotatable bonds is 9. The van der Waals surface area contributed by atoms with Gasteiger partial charge in [0.15, 0.2) is 5.82 Å². The van der Waals surface area contributed by atoms with Gasteiger partial charge < -0.3 is 9.84 Å². The summed E-state index contributed by atoms with van der Waals surface area (Å²) in [5, 5.41) is 23.2. The molecule has 2 rings (SSSR count). The topological polar surface area (TPSA) is 96.3 Å². The van der Waals surface area contributed by atoms with E-state index in [0.29, 0.717) is 18.4 Å². The Morgan fingerprint density at radius 3 is 2.71 bits per heavy atom. The smallest absolute Gasteiger partial charge is 0.222 e. The van der Waals surface area contributed by atoms with Crippen LogP contribution in [0.5, 0.6) is 0 Å². The first-order valence-electron chi connectivity index (χ1n) is 7.40. The van der Waals surface area contributed by atoms with E-state index < -0.39 is 0 Å². The van der Waals surface area contributed by atoms with Gasteiger partial charge in [0, 0.05) is 5.41 Å². The van der Waals surface area contributed by atoms with Crippen LogP contribution >= 0.6 is 0 Å². The second kappa shape index (κ2) is 6.69. The average Bonchev–Trinajstić information content (AvgIpc) is 2.94. The number of unbranched alkanes of at least 4 members (excludes halogenated alkanes) is 1. The van der Waals surface area contributed by atoms with Crippen LogP contribution in [0.3, 0.4) is 0 Å². The lowest BCUT2D eigenvalue weighted by molar-refractivity contribution is 0.190. The number of tetrazole rings is 1. The van der Waals surface area contributed by atoms with Crippen molar-refractivity contribution in [3.8, 4) is 0 Å². The standard InChI is InChI=1S/C14H23N5O2/c1-4-10(14(2,3)13-16-18-19-17-13)7-5-6-8-21-12-9-11(20)15-12/h9-10H,4-8H2,1-3H3,(H,15,20)(H,16,17,18,19). The van der Waals surface area contributed by atoms with E-state index in [1.165, 1.54) is 6.08 Å². The average molecular weight is 293 g/mol. The molecule has 0 radical (unpaired) electrons.